The Hall–Kier alpha value is -2.00. The van der Waals surface area contributed by atoms with Crippen molar-refractivity contribution in [3.05, 3.63) is 5.82 Å². The molecule has 1 aromatic heterocycles. The number of nitrogens with one attached hydrogen (secondary N) is 2. The average Bonchev–Trinajstić information content (AvgIpc) is 2.45. The number of aromatic nitrogens is 3. The second kappa shape index (κ2) is 7.14. The van der Waals surface area contributed by atoms with Gasteiger partial charge in [-0.25, -0.2) is 0 Å². The van der Waals surface area contributed by atoms with Crippen LogP contribution in [0.4, 0.5) is 11.9 Å². The predicted octanol–water partition coefficient (Wildman–Crippen LogP) is -1.49. The van der Waals surface area contributed by atoms with Gasteiger partial charge >= 0.3 is 0 Å². The number of carbonyl (C=O) groups is 1. The Kier molecular flexibility index (Phi) is 5.23. The van der Waals surface area contributed by atoms with Crippen LogP contribution in [-0.4, -0.2) is 60.8 Å². The summed E-state index contributed by atoms with van der Waals surface area (Å²) in [5, 5.41) is 6.01. The second-order valence-corrected chi connectivity index (χ2v) is 5.01. The van der Waals surface area contributed by atoms with Crippen molar-refractivity contribution in [1.82, 2.24) is 25.6 Å². The SMILES string of the molecule is CN(C)c1nc(N)nc(CNC(=O)C[C@@H]2COCCN2)n1. The van der Waals surface area contributed by atoms with Gasteiger partial charge in [-0.15, -0.1) is 0 Å². The van der Waals surface area contributed by atoms with E-state index in [2.05, 4.69) is 25.6 Å². The molecule has 1 aliphatic rings. The minimum Gasteiger partial charge on any atom is -0.378 e. The van der Waals surface area contributed by atoms with E-state index in [1.54, 1.807) is 4.90 Å². The Balaban J connectivity index is 1.85. The third kappa shape index (κ3) is 4.80. The van der Waals surface area contributed by atoms with Crippen LogP contribution in [0.1, 0.15) is 12.2 Å². The van der Waals surface area contributed by atoms with Crippen LogP contribution in [0.5, 0.6) is 0 Å². The number of amides is 1. The molecule has 0 unspecified atom stereocenters. The van der Waals surface area contributed by atoms with Crippen LogP contribution >= 0.6 is 0 Å². The largest absolute Gasteiger partial charge is 0.378 e. The van der Waals surface area contributed by atoms with Gasteiger partial charge in [0.05, 0.1) is 19.8 Å². The standard InChI is InChI=1S/C12H21N7O2/c1-19(2)12-17-9(16-11(13)18-12)6-15-10(20)5-8-7-21-4-3-14-8/h8,14H,3-7H2,1-2H3,(H,15,20)(H2,13,16,17,18)/t8-/m1/s1. The highest BCUT2D eigenvalue weighted by atomic mass is 16.5. The number of rotatable bonds is 5. The molecule has 1 amide bonds. The van der Waals surface area contributed by atoms with Gasteiger partial charge in [0, 0.05) is 33.1 Å². The van der Waals surface area contributed by atoms with E-state index < -0.39 is 0 Å². The molecule has 0 aliphatic carbocycles. The smallest absolute Gasteiger partial charge is 0.229 e. The molecule has 4 N–H and O–H groups in total. The first kappa shape index (κ1) is 15.4. The zero-order valence-electron chi connectivity index (χ0n) is 12.3. The van der Waals surface area contributed by atoms with Crippen molar-refractivity contribution in [3.8, 4) is 0 Å². The zero-order valence-corrected chi connectivity index (χ0v) is 12.3. The maximum absolute atomic E-state index is 11.9. The number of hydrogen-bond donors (Lipinski definition) is 3. The molecular weight excluding hydrogens is 274 g/mol. The Morgan fingerprint density at radius 1 is 1.48 bits per heavy atom. The monoisotopic (exact) mass is 295 g/mol. The number of ether oxygens (including phenoxy) is 1. The number of anilines is 2. The van der Waals surface area contributed by atoms with Gasteiger partial charge in [0.2, 0.25) is 17.8 Å². The van der Waals surface area contributed by atoms with Crippen molar-refractivity contribution >= 4 is 17.8 Å². The molecule has 0 bridgehead atoms. The van der Waals surface area contributed by atoms with Crippen LogP contribution in [0.25, 0.3) is 0 Å². The first-order valence-corrected chi connectivity index (χ1v) is 6.80. The van der Waals surface area contributed by atoms with E-state index >= 15 is 0 Å². The summed E-state index contributed by atoms with van der Waals surface area (Å²) < 4.78 is 5.31. The number of nitrogens with zero attached hydrogens (tertiary/aromatic N) is 4. The normalized spacial score (nSPS) is 18.3. The quantitative estimate of drug-likeness (QED) is 0.601. The topological polar surface area (TPSA) is 118 Å². The van der Waals surface area contributed by atoms with E-state index in [-0.39, 0.29) is 24.4 Å². The van der Waals surface area contributed by atoms with Crippen LogP contribution in [0.3, 0.4) is 0 Å². The Morgan fingerprint density at radius 2 is 2.29 bits per heavy atom. The molecular formula is C12H21N7O2. The third-order valence-electron chi connectivity index (χ3n) is 2.96. The highest BCUT2D eigenvalue weighted by Crippen LogP contribution is 2.05. The molecule has 1 atom stereocenters. The summed E-state index contributed by atoms with van der Waals surface area (Å²) in [6.07, 6.45) is 0.362. The molecule has 2 heterocycles. The van der Waals surface area contributed by atoms with Crippen molar-refractivity contribution in [3.63, 3.8) is 0 Å². The minimum absolute atomic E-state index is 0.0551. The van der Waals surface area contributed by atoms with E-state index in [1.165, 1.54) is 0 Å². The fourth-order valence-corrected chi connectivity index (χ4v) is 1.93. The van der Waals surface area contributed by atoms with Crippen molar-refractivity contribution in [2.75, 3.05) is 44.5 Å². The van der Waals surface area contributed by atoms with Crippen LogP contribution in [-0.2, 0) is 16.1 Å². The number of carbonyl (C=O) groups excluding carboxylic acids is 1. The molecule has 21 heavy (non-hydrogen) atoms. The summed E-state index contributed by atoms with van der Waals surface area (Å²) in [6, 6.07) is 0.0551. The van der Waals surface area contributed by atoms with Gasteiger partial charge in [-0.3, -0.25) is 4.79 Å². The molecule has 2 rings (SSSR count). The molecule has 1 saturated heterocycles. The maximum atomic E-state index is 11.9. The van der Waals surface area contributed by atoms with Crippen molar-refractivity contribution in [2.24, 2.45) is 0 Å². The van der Waals surface area contributed by atoms with Crippen molar-refractivity contribution in [1.29, 1.82) is 0 Å². The molecule has 0 aromatic carbocycles. The fraction of sp³-hybridized carbons (Fsp3) is 0.667. The third-order valence-corrected chi connectivity index (χ3v) is 2.96. The van der Waals surface area contributed by atoms with Gasteiger partial charge in [0.25, 0.3) is 0 Å². The molecule has 1 aliphatic heterocycles. The molecule has 0 radical (unpaired) electrons. The molecule has 9 nitrogen and oxygen atoms in total. The van der Waals surface area contributed by atoms with Gasteiger partial charge in [0.1, 0.15) is 0 Å². The van der Waals surface area contributed by atoms with E-state index in [4.69, 9.17) is 10.5 Å². The first-order chi connectivity index (χ1) is 10.0. The van der Waals surface area contributed by atoms with Gasteiger partial charge < -0.3 is 26.0 Å². The molecule has 116 valence electrons. The van der Waals surface area contributed by atoms with Crippen LogP contribution in [0, 0.1) is 0 Å². The maximum Gasteiger partial charge on any atom is 0.229 e. The summed E-state index contributed by atoms with van der Waals surface area (Å²) >= 11 is 0. The summed E-state index contributed by atoms with van der Waals surface area (Å²) in [5.74, 6) is 0.963. The van der Waals surface area contributed by atoms with Gasteiger partial charge in [-0.1, -0.05) is 0 Å². The van der Waals surface area contributed by atoms with E-state index in [9.17, 15) is 4.79 Å². The average molecular weight is 295 g/mol. The Morgan fingerprint density at radius 3 is 2.95 bits per heavy atom. The van der Waals surface area contributed by atoms with Gasteiger partial charge in [-0.05, 0) is 0 Å². The summed E-state index contributed by atoms with van der Waals surface area (Å²) in [4.78, 5) is 25.8. The summed E-state index contributed by atoms with van der Waals surface area (Å²) in [5.41, 5.74) is 5.62. The molecule has 9 heteroatoms. The lowest BCUT2D eigenvalue weighted by Gasteiger charge is -2.23. The van der Waals surface area contributed by atoms with Crippen LogP contribution in [0.2, 0.25) is 0 Å². The first-order valence-electron chi connectivity index (χ1n) is 6.80. The van der Waals surface area contributed by atoms with Crippen molar-refractivity contribution < 1.29 is 9.53 Å². The lowest BCUT2D eigenvalue weighted by molar-refractivity contribution is -0.122. The van der Waals surface area contributed by atoms with E-state index in [0.29, 0.717) is 31.4 Å². The molecule has 1 fully saturated rings. The molecule has 0 spiro atoms. The Bertz CT molecular complexity index is 488. The summed E-state index contributed by atoms with van der Waals surface area (Å²) in [7, 11) is 3.62. The minimum atomic E-state index is -0.0802. The summed E-state index contributed by atoms with van der Waals surface area (Å²) in [6.45, 7) is 2.24. The molecule has 1 aromatic rings. The second-order valence-electron chi connectivity index (χ2n) is 5.01. The van der Waals surface area contributed by atoms with Gasteiger partial charge in [-0.2, -0.15) is 15.0 Å². The Labute approximate surface area is 123 Å². The lowest BCUT2D eigenvalue weighted by atomic mass is 10.2. The molecule has 0 saturated carbocycles. The van der Waals surface area contributed by atoms with Crippen LogP contribution < -0.4 is 21.3 Å². The highest BCUT2D eigenvalue weighted by Gasteiger charge is 2.17. The lowest BCUT2D eigenvalue weighted by Crippen LogP contribution is -2.44. The number of morpholine rings is 1. The van der Waals surface area contributed by atoms with Crippen LogP contribution in [0.15, 0.2) is 0 Å². The zero-order chi connectivity index (χ0) is 15.2. The number of hydrogen-bond acceptors (Lipinski definition) is 8. The number of nitrogens with two attached hydrogens (primary N) is 1. The van der Waals surface area contributed by atoms with Gasteiger partial charge in [0.15, 0.2) is 5.82 Å². The fourth-order valence-electron chi connectivity index (χ4n) is 1.93. The predicted molar refractivity (Wildman–Crippen MR) is 77.6 cm³/mol. The highest BCUT2D eigenvalue weighted by molar-refractivity contribution is 5.76. The van der Waals surface area contributed by atoms with E-state index in [0.717, 1.165) is 6.54 Å². The van der Waals surface area contributed by atoms with E-state index in [1.807, 2.05) is 14.1 Å². The number of nitrogen functional groups attached to an aromatic ring is 1. The van der Waals surface area contributed by atoms with Crippen molar-refractivity contribution in [2.45, 2.75) is 19.0 Å².